The van der Waals surface area contributed by atoms with Crippen molar-refractivity contribution in [1.82, 2.24) is 0 Å². The van der Waals surface area contributed by atoms with E-state index in [9.17, 15) is 9.59 Å². The van der Waals surface area contributed by atoms with Gasteiger partial charge in [-0.1, -0.05) is 0 Å². The predicted molar refractivity (Wildman–Crippen MR) is 22.5 cm³/mol. The van der Waals surface area contributed by atoms with Crippen molar-refractivity contribution in [2.45, 2.75) is 0 Å². The van der Waals surface area contributed by atoms with Crippen molar-refractivity contribution in [3.8, 4) is 0 Å². The summed E-state index contributed by atoms with van der Waals surface area (Å²) in [6.07, 6.45) is 2.28. The van der Waals surface area contributed by atoms with Crippen LogP contribution in [-0.2, 0) is 9.59 Å². The molecule has 1 aliphatic heterocycles. The van der Waals surface area contributed by atoms with Gasteiger partial charge < -0.3 is 14.9 Å². The second-order valence-corrected chi connectivity index (χ2v) is 1.12. The number of carbonyl (C=O) groups excluding carboxylic acids is 2. The summed E-state index contributed by atoms with van der Waals surface area (Å²) in [5, 5.41) is 3.00. The van der Waals surface area contributed by atoms with Crippen LogP contribution < -0.4 is 29.6 Å². The van der Waals surface area contributed by atoms with Crippen molar-refractivity contribution in [3.05, 3.63) is 17.5 Å². The molecule has 0 aromatic heterocycles. The van der Waals surface area contributed by atoms with E-state index in [1.54, 1.807) is 0 Å². The average molecular weight is 119 g/mol. The van der Waals surface area contributed by atoms with Gasteiger partial charge in [-0.3, -0.25) is 0 Å². The van der Waals surface area contributed by atoms with Crippen LogP contribution in [0.2, 0.25) is 0 Å². The first-order valence-electron chi connectivity index (χ1n) is 1.77. The first kappa shape index (κ1) is 7.88. The predicted octanol–water partition coefficient (Wildman–Crippen LogP) is -3.01. The van der Waals surface area contributed by atoms with E-state index in [0.29, 0.717) is 0 Å². The fraction of sp³-hybridized carbons (Fsp3) is 0. The minimum absolute atomic E-state index is 0. The molecule has 3 nitrogen and oxygen atoms in total. The van der Waals surface area contributed by atoms with Crippen LogP contribution in [0.4, 0.5) is 0 Å². The van der Waals surface area contributed by atoms with E-state index in [1.165, 1.54) is 0 Å². The van der Waals surface area contributed by atoms with Crippen LogP contribution in [0.25, 0.3) is 5.32 Å². The van der Waals surface area contributed by atoms with E-state index in [-0.39, 0.29) is 29.6 Å². The molecular weight excluding hydrogens is 117 g/mol. The zero-order valence-corrected chi connectivity index (χ0v) is 6.42. The van der Waals surface area contributed by atoms with Crippen molar-refractivity contribution in [2.75, 3.05) is 0 Å². The Labute approximate surface area is 68.4 Å². The molecule has 0 unspecified atom stereocenters. The molecule has 0 saturated carbocycles. The Balaban J connectivity index is 0.000000490. The number of imide groups is 1. The van der Waals surface area contributed by atoms with Crippen molar-refractivity contribution in [3.63, 3.8) is 0 Å². The normalized spacial score (nSPS) is 15.5. The van der Waals surface area contributed by atoms with Gasteiger partial charge in [0.2, 0.25) is 0 Å². The fourth-order valence-corrected chi connectivity index (χ4v) is 0.326. The van der Waals surface area contributed by atoms with Gasteiger partial charge in [0.1, 0.15) is 0 Å². The summed E-state index contributed by atoms with van der Waals surface area (Å²) < 4.78 is 0. The van der Waals surface area contributed by atoms with Crippen LogP contribution in [0.1, 0.15) is 0 Å². The van der Waals surface area contributed by atoms with Crippen LogP contribution >= 0.6 is 0 Å². The number of hydrogen-bond donors (Lipinski definition) is 0. The molecule has 1 rings (SSSR count). The summed E-state index contributed by atoms with van der Waals surface area (Å²) in [5.41, 5.74) is 0. The molecule has 2 amide bonds. The zero-order chi connectivity index (χ0) is 5.28. The van der Waals surface area contributed by atoms with Crippen molar-refractivity contribution in [2.24, 2.45) is 0 Å². The monoisotopic (exact) mass is 119 g/mol. The summed E-state index contributed by atoms with van der Waals surface area (Å²) in [4.78, 5) is 20.0. The van der Waals surface area contributed by atoms with Crippen molar-refractivity contribution in [1.29, 1.82) is 0 Å². The van der Waals surface area contributed by atoms with E-state index in [1.807, 2.05) is 0 Å². The fourth-order valence-electron chi connectivity index (χ4n) is 0.326. The molecule has 0 N–H and O–H groups in total. The first-order chi connectivity index (χ1) is 3.29. The number of amides is 2. The Morgan fingerprint density at radius 2 is 1.50 bits per heavy atom. The molecule has 0 radical (unpaired) electrons. The quantitative estimate of drug-likeness (QED) is 0.252. The van der Waals surface area contributed by atoms with Crippen LogP contribution in [0.15, 0.2) is 12.2 Å². The first-order valence-corrected chi connectivity index (χ1v) is 1.77. The van der Waals surface area contributed by atoms with Gasteiger partial charge in [-0.2, -0.15) is 0 Å². The van der Waals surface area contributed by atoms with Crippen molar-refractivity contribution < 1.29 is 39.1 Å². The number of nitrogens with zero attached hydrogens (tertiary/aromatic N) is 1. The molecule has 1 heterocycles. The largest absolute Gasteiger partial charge is 1.00 e. The topological polar surface area (TPSA) is 48.2 Å². The summed E-state index contributed by atoms with van der Waals surface area (Å²) in [5.74, 6) is -0.907. The maximum Gasteiger partial charge on any atom is 1.00 e. The summed E-state index contributed by atoms with van der Waals surface area (Å²) >= 11 is 0. The van der Waals surface area contributed by atoms with Crippen molar-refractivity contribution >= 4 is 11.8 Å². The van der Waals surface area contributed by atoms with E-state index >= 15 is 0 Å². The second-order valence-electron chi connectivity index (χ2n) is 1.12. The third-order valence-corrected chi connectivity index (χ3v) is 0.589. The molecule has 0 atom stereocenters. The van der Waals surface area contributed by atoms with E-state index < -0.39 is 11.8 Å². The van der Waals surface area contributed by atoms with E-state index in [4.69, 9.17) is 0 Å². The van der Waals surface area contributed by atoms with Gasteiger partial charge in [-0.05, 0) is 12.2 Å². The summed E-state index contributed by atoms with van der Waals surface area (Å²) in [7, 11) is 0. The number of carbonyl (C=O) groups is 2. The Morgan fingerprint density at radius 3 is 1.62 bits per heavy atom. The molecular formula is C4H2NNaO2. The molecule has 0 bridgehead atoms. The molecule has 36 valence electrons. The molecule has 0 aliphatic carbocycles. The molecule has 0 fully saturated rings. The minimum atomic E-state index is -0.454. The van der Waals surface area contributed by atoms with Gasteiger partial charge in [0.25, 0.3) is 0 Å². The van der Waals surface area contributed by atoms with Crippen LogP contribution in [0.5, 0.6) is 0 Å². The Morgan fingerprint density at radius 1 is 1.12 bits per heavy atom. The summed E-state index contributed by atoms with van der Waals surface area (Å²) in [6.45, 7) is 0. The standard InChI is InChI=1S/C4H3NO2.Na/c6-3-1-2-4(7)5-3;/h1-2H,(H,5,6,7);/q;+1/p-1. The van der Waals surface area contributed by atoms with Gasteiger partial charge in [-0.15, -0.1) is 0 Å². The Kier molecular flexibility index (Phi) is 2.97. The van der Waals surface area contributed by atoms with Gasteiger partial charge in [0.15, 0.2) is 0 Å². The molecule has 8 heavy (non-hydrogen) atoms. The number of hydrogen-bond acceptors (Lipinski definition) is 2. The zero-order valence-electron chi connectivity index (χ0n) is 4.42. The van der Waals surface area contributed by atoms with Gasteiger partial charge in [0, 0.05) is 0 Å². The molecule has 4 heteroatoms. The van der Waals surface area contributed by atoms with Gasteiger partial charge >= 0.3 is 29.6 Å². The summed E-state index contributed by atoms with van der Waals surface area (Å²) in [6, 6.07) is 0. The molecule has 0 spiro atoms. The molecule has 1 aliphatic rings. The molecule has 0 saturated heterocycles. The van der Waals surface area contributed by atoms with Crippen LogP contribution in [-0.4, -0.2) is 11.8 Å². The van der Waals surface area contributed by atoms with E-state index in [2.05, 4.69) is 5.32 Å². The maximum atomic E-state index is 9.98. The van der Waals surface area contributed by atoms with Gasteiger partial charge in [-0.25, -0.2) is 0 Å². The molecule has 0 aromatic rings. The maximum absolute atomic E-state index is 9.98. The molecule has 0 aromatic carbocycles. The SMILES string of the molecule is O=C1C=CC(=O)[N-]1.[Na+]. The third kappa shape index (κ3) is 1.78. The number of rotatable bonds is 0. The Hall–Kier alpha value is -0.120. The van der Waals surface area contributed by atoms with Gasteiger partial charge in [0.05, 0.1) is 11.8 Å². The average Bonchev–Trinajstić information content (AvgIpc) is 1.87. The third-order valence-electron chi connectivity index (χ3n) is 0.589. The second kappa shape index (κ2) is 3.02. The van der Waals surface area contributed by atoms with Crippen LogP contribution in [0.3, 0.4) is 0 Å². The van der Waals surface area contributed by atoms with E-state index in [0.717, 1.165) is 12.2 Å². The Bertz CT molecular complexity index is 136. The van der Waals surface area contributed by atoms with Crippen LogP contribution in [0, 0.1) is 0 Å². The smallest absolute Gasteiger partial charge is 0.589 e. The minimum Gasteiger partial charge on any atom is -0.589 e.